The number of nitrogens with zero attached hydrogens (tertiary/aromatic N) is 4. The monoisotopic (exact) mass is 278 g/mol. The Morgan fingerprint density at radius 1 is 1.38 bits per heavy atom. The van der Waals surface area contributed by atoms with Gasteiger partial charge in [-0.2, -0.15) is 4.68 Å². The standard InChI is InChI=1S/C11H11BrN4/c1-7-2-5-9(12)6-10(7)16-11(8-3-4-8)13-14-15-16/h2,5-6,8H,3-4H2,1H3. The zero-order valence-electron chi connectivity index (χ0n) is 8.89. The zero-order valence-corrected chi connectivity index (χ0v) is 10.5. The van der Waals surface area contributed by atoms with E-state index in [1.165, 1.54) is 18.4 Å². The molecule has 82 valence electrons. The lowest BCUT2D eigenvalue weighted by Crippen LogP contribution is -2.04. The second-order valence-corrected chi connectivity index (χ2v) is 5.07. The Morgan fingerprint density at radius 2 is 2.19 bits per heavy atom. The van der Waals surface area contributed by atoms with Gasteiger partial charge in [-0.25, -0.2) is 0 Å². The summed E-state index contributed by atoms with van der Waals surface area (Å²) in [6.45, 7) is 2.07. The average molecular weight is 279 g/mol. The van der Waals surface area contributed by atoms with Crippen molar-refractivity contribution < 1.29 is 0 Å². The molecular formula is C11H11BrN4. The smallest absolute Gasteiger partial charge is 0.159 e. The lowest BCUT2D eigenvalue weighted by Gasteiger charge is -2.07. The molecule has 16 heavy (non-hydrogen) atoms. The van der Waals surface area contributed by atoms with Crippen molar-refractivity contribution in [3.8, 4) is 5.69 Å². The van der Waals surface area contributed by atoms with Gasteiger partial charge in [0.2, 0.25) is 0 Å². The summed E-state index contributed by atoms with van der Waals surface area (Å²) in [5.41, 5.74) is 2.23. The van der Waals surface area contributed by atoms with E-state index >= 15 is 0 Å². The van der Waals surface area contributed by atoms with Gasteiger partial charge in [-0.05, 0) is 47.9 Å². The third-order valence-electron chi connectivity index (χ3n) is 2.84. The van der Waals surface area contributed by atoms with Crippen LogP contribution < -0.4 is 0 Å². The quantitative estimate of drug-likeness (QED) is 0.848. The van der Waals surface area contributed by atoms with Crippen LogP contribution >= 0.6 is 15.9 Å². The molecule has 0 saturated heterocycles. The molecule has 1 aliphatic carbocycles. The number of aryl methyl sites for hydroxylation is 1. The van der Waals surface area contributed by atoms with Crippen molar-refractivity contribution in [3.05, 3.63) is 34.1 Å². The summed E-state index contributed by atoms with van der Waals surface area (Å²) in [5, 5.41) is 12.0. The van der Waals surface area contributed by atoms with Crippen LogP contribution in [-0.2, 0) is 0 Å². The van der Waals surface area contributed by atoms with Gasteiger partial charge in [0.1, 0.15) is 0 Å². The SMILES string of the molecule is Cc1ccc(Br)cc1-n1nnnc1C1CC1. The molecule has 0 aliphatic heterocycles. The van der Waals surface area contributed by atoms with E-state index in [2.05, 4.69) is 50.5 Å². The Kier molecular flexibility index (Phi) is 2.28. The average Bonchev–Trinajstić information content (AvgIpc) is 3.01. The molecule has 0 unspecified atom stereocenters. The molecule has 1 aliphatic rings. The van der Waals surface area contributed by atoms with E-state index in [9.17, 15) is 0 Å². The molecule has 0 amide bonds. The number of tetrazole rings is 1. The van der Waals surface area contributed by atoms with E-state index in [0.29, 0.717) is 5.92 Å². The van der Waals surface area contributed by atoms with Crippen molar-refractivity contribution in [2.75, 3.05) is 0 Å². The van der Waals surface area contributed by atoms with Gasteiger partial charge in [-0.3, -0.25) is 0 Å². The molecular weight excluding hydrogens is 268 g/mol. The minimum Gasteiger partial charge on any atom is -0.197 e. The van der Waals surface area contributed by atoms with Crippen LogP contribution in [-0.4, -0.2) is 20.2 Å². The van der Waals surface area contributed by atoms with Crippen molar-refractivity contribution in [1.82, 2.24) is 20.2 Å². The molecule has 2 aromatic rings. The zero-order chi connectivity index (χ0) is 11.1. The number of rotatable bonds is 2. The second kappa shape index (κ2) is 3.66. The van der Waals surface area contributed by atoms with Gasteiger partial charge in [-0.1, -0.05) is 22.0 Å². The molecule has 1 saturated carbocycles. The Hall–Kier alpha value is -1.23. The topological polar surface area (TPSA) is 43.6 Å². The number of hydrogen-bond acceptors (Lipinski definition) is 3. The molecule has 1 fully saturated rings. The van der Waals surface area contributed by atoms with Crippen LogP contribution in [0.25, 0.3) is 5.69 Å². The van der Waals surface area contributed by atoms with Crippen LogP contribution in [0.15, 0.2) is 22.7 Å². The van der Waals surface area contributed by atoms with E-state index in [1.807, 2.05) is 10.7 Å². The highest BCUT2D eigenvalue weighted by molar-refractivity contribution is 9.10. The summed E-state index contributed by atoms with van der Waals surface area (Å²) in [5.74, 6) is 1.54. The highest BCUT2D eigenvalue weighted by atomic mass is 79.9. The number of halogens is 1. The largest absolute Gasteiger partial charge is 0.197 e. The van der Waals surface area contributed by atoms with Gasteiger partial charge in [0.15, 0.2) is 5.82 Å². The Labute approximate surface area is 102 Å². The molecule has 0 spiro atoms. The number of benzene rings is 1. The lowest BCUT2D eigenvalue weighted by molar-refractivity contribution is 0.759. The van der Waals surface area contributed by atoms with Gasteiger partial charge in [0.05, 0.1) is 5.69 Å². The van der Waals surface area contributed by atoms with Crippen molar-refractivity contribution in [2.24, 2.45) is 0 Å². The molecule has 1 aromatic carbocycles. The lowest BCUT2D eigenvalue weighted by atomic mass is 10.2. The Bertz CT molecular complexity index is 531. The fourth-order valence-corrected chi connectivity index (χ4v) is 2.12. The van der Waals surface area contributed by atoms with Gasteiger partial charge < -0.3 is 0 Å². The van der Waals surface area contributed by atoms with Crippen LogP contribution in [0.5, 0.6) is 0 Å². The summed E-state index contributed by atoms with van der Waals surface area (Å²) in [4.78, 5) is 0. The first kappa shape index (κ1) is 9.96. The normalized spacial score (nSPS) is 15.4. The maximum Gasteiger partial charge on any atom is 0.159 e. The Morgan fingerprint density at radius 3 is 2.94 bits per heavy atom. The van der Waals surface area contributed by atoms with E-state index < -0.39 is 0 Å². The highest BCUT2D eigenvalue weighted by Crippen LogP contribution is 2.39. The van der Waals surface area contributed by atoms with Gasteiger partial charge in [-0.15, -0.1) is 5.10 Å². The molecule has 4 nitrogen and oxygen atoms in total. The maximum atomic E-state index is 4.11. The molecule has 0 bridgehead atoms. The predicted molar refractivity (Wildman–Crippen MR) is 63.6 cm³/mol. The molecule has 1 aromatic heterocycles. The minimum atomic E-state index is 0.549. The molecule has 0 atom stereocenters. The first-order valence-corrected chi connectivity index (χ1v) is 6.10. The molecule has 3 rings (SSSR count). The number of aromatic nitrogens is 4. The first-order chi connectivity index (χ1) is 7.75. The maximum absolute atomic E-state index is 4.11. The van der Waals surface area contributed by atoms with Crippen LogP contribution in [0.3, 0.4) is 0 Å². The van der Waals surface area contributed by atoms with Gasteiger partial charge in [0.25, 0.3) is 0 Å². The van der Waals surface area contributed by atoms with Crippen LogP contribution in [0.2, 0.25) is 0 Å². The predicted octanol–water partition coefficient (Wildman–Crippen LogP) is 2.61. The summed E-state index contributed by atoms with van der Waals surface area (Å²) in [7, 11) is 0. The van der Waals surface area contributed by atoms with Crippen LogP contribution in [0, 0.1) is 6.92 Å². The summed E-state index contributed by atoms with van der Waals surface area (Å²) in [6.07, 6.45) is 2.40. The van der Waals surface area contributed by atoms with Crippen LogP contribution in [0.1, 0.15) is 30.1 Å². The summed E-state index contributed by atoms with van der Waals surface area (Å²) >= 11 is 3.48. The first-order valence-electron chi connectivity index (χ1n) is 5.30. The summed E-state index contributed by atoms with van der Waals surface area (Å²) in [6, 6.07) is 6.15. The fraction of sp³-hybridized carbons (Fsp3) is 0.364. The van der Waals surface area contributed by atoms with Gasteiger partial charge >= 0.3 is 0 Å². The van der Waals surface area contributed by atoms with Crippen LogP contribution in [0.4, 0.5) is 0 Å². The van der Waals surface area contributed by atoms with E-state index in [1.54, 1.807) is 0 Å². The second-order valence-electron chi connectivity index (χ2n) is 4.15. The van der Waals surface area contributed by atoms with Crippen molar-refractivity contribution >= 4 is 15.9 Å². The Balaban J connectivity index is 2.13. The fourth-order valence-electron chi connectivity index (χ4n) is 1.77. The molecule has 1 heterocycles. The highest BCUT2D eigenvalue weighted by Gasteiger charge is 2.30. The third-order valence-corrected chi connectivity index (χ3v) is 3.33. The summed E-state index contributed by atoms with van der Waals surface area (Å²) < 4.78 is 2.91. The minimum absolute atomic E-state index is 0.549. The van der Waals surface area contributed by atoms with Gasteiger partial charge in [0, 0.05) is 10.4 Å². The van der Waals surface area contributed by atoms with Crippen molar-refractivity contribution in [1.29, 1.82) is 0 Å². The molecule has 5 heteroatoms. The molecule has 0 radical (unpaired) electrons. The van der Waals surface area contributed by atoms with Crippen molar-refractivity contribution in [3.63, 3.8) is 0 Å². The van der Waals surface area contributed by atoms with E-state index in [-0.39, 0.29) is 0 Å². The van der Waals surface area contributed by atoms with E-state index in [4.69, 9.17) is 0 Å². The van der Waals surface area contributed by atoms with E-state index in [0.717, 1.165) is 16.0 Å². The molecule has 0 N–H and O–H groups in total. The van der Waals surface area contributed by atoms with Crippen molar-refractivity contribution in [2.45, 2.75) is 25.7 Å². The third kappa shape index (κ3) is 1.65. The number of hydrogen-bond donors (Lipinski definition) is 0.